The van der Waals surface area contributed by atoms with E-state index < -0.39 is 0 Å². The van der Waals surface area contributed by atoms with Gasteiger partial charge in [-0.25, -0.2) is 14.4 Å². The first-order valence-electron chi connectivity index (χ1n) is 8.45. The van der Waals surface area contributed by atoms with Gasteiger partial charge in [-0.3, -0.25) is 0 Å². The smallest absolute Gasteiger partial charge is 0.225 e. The molecule has 1 aromatic carbocycles. The summed E-state index contributed by atoms with van der Waals surface area (Å²) in [6.45, 7) is 3.85. The predicted octanol–water partition coefficient (Wildman–Crippen LogP) is 2.23. The SMILES string of the molecule is Fc1ccc2c(c1)CC[C@H]2NCc1cnc(N2CCOCC2)nc1. The number of nitrogens with one attached hydrogen (secondary N) is 1. The molecule has 0 spiro atoms. The fourth-order valence-corrected chi connectivity index (χ4v) is 3.41. The first-order chi connectivity index (χ1) is 11.8. The van der Waals surface area contributed by atoms with Gasteiger partial charge in [-0.2, -0.15) is 0 Å². The van der Waals surface area contributed by atoms with Crippen LogP contribution in [0.4, 0.5) is 10.3 Å². The van der Waals surface area contributed by atoms with Crippen LogP contribution in [0, 0.1) is 5.82 Å². The summed E-state index contributed by atoms with van der Waals surface area (Å²) < 4.78 is 18.6. The van der Waals surface area contributed by atoms with Crippen LogP contribution in [0.25, 0.3) is 0 Å². The molecule has 126 valence electrons. The Kier molecular flexibility index (Phi) is 4.40. The van der Waals surface area contributed by atoms with Crippen LogP contribution in [0.2, 0.25) is 0 Å². The molecule has 1 aromatic heterocycles. The summed E-state index contributed by atoms with van der Waals surface area (Å²) in [5.41, 5.74) is 3.39. The van der Waals surface area contributed by atoms with E-state index in [0.717, 1.165) is 56.2 Å². The van der Waals surface area contributed by atoms with Crippen LogP contribution in [0.3, 0.4) is 0 Å². The van der Waals surface area contributed by atoms with Crippen molar-refractivity contribution >= 4 is 5.95 Å². The van der Waals surface area contributed by atoms with Crippen LogP contribution >= 0.6 is 0 Å². The average molecular weight is 328 g/mol. The van der Waals surface area contributed by atoms with Crippen LogP contribution in [-0.2, 0) is 17.7 Å². The third kappa shape index (κ3) is 3.25. The van der Waals surface area contributed by atoms with Gasteiger partial charge in [0.05, 0.1) is 13.2 Å². The molecule has 1 atom stereocenters. The number of hydrogen-bond acceptors (Lipinski definition) is 5. The average Bonchev–Trinajstić information content (AvgIpc) is 3.03. The van der Waals surface area contributed by atoms with Crippen molar-refractivity contribution in [2.24, 2.45) is 0 Å². The Balaban J connectivity index is 1.37. The van der Waals surface area contributed by atoms with Gasteiger partial charge in [0.2, 0.25) is 5.95 Å². The predicted molar refractivity (Wildman–Crippen MR) is 89.4 cm³/mol. The second-order valence-corrected chi connectivity index (χ2v) is 6.31. The number of fused-ring (bicyclic) bond motifs is 1. The van der Waals surface area contributed by atoms with E-state index in [-0.39, 0.29) is 11.9 Å². The third-order valence-electron chi connectivity index (χ3n) is 4.72. The molecule has 1 N–H and O–H groups in total. The molecule has 1 aliphatic heterocycles. The summed E-state index contributed by atoms with van der Waals surface area (Å²) in [7, 11) is 0. The molecule has 0 saturated carbocycles. The molecule has 0 unspecified atom stereocenters. The van der Waals surface area contributed by atoms with Gasteiger partial charge in [0, 0.05) is 43.6 Å². The first-order valence-corrected chi connectivity index (χ1v) is 8.45. The zero-order chi connectivity index (χ0) is 16.4. The minimum atomic E-state index is -0.151. The van der Waals surface area contributed by atoms with Crippen molar-refractivity contribution in [2.45, 2.75) is 25.4 Å². The minimum Gasteiger partial charge on any atom is -0.378 e. The van der Waals surface area contributed by atoms with Crippen molar-refractivity contribution in [3.8, 4) is 0 Å². The Bertz CT molecular complexity index is 701. The highest BCUT2D eigenvalue weighted by Gasteiger charge is 2.22. The number of benzene rings is 1. The first kappa shape index (κ1) is 15.5. The van der Waals surface area contributed by atoms with Crippen LogP contribution < -0.4 is 10.2 Å². The van der Waals surface area contributed by atoms with Crippen molar-refractivity contribution in [3.05, 3.63) is 53.1 Å². The quantitative estimate of drug-likeness (QED) is 0.933. The molecule has 0 amide bonds. The summed E-state index contributed by atoms with van der Waals surface area (Å²) >= 11 is 0. The molecular weight excluding hydrogens is 307 g/mol. The summed E-state index contributed by atoms with van der Waals surface area (Å²) in [6.07, 6.45) is 5.69. The van der Waals surface area contributed by atoms with Crippen molar-refractivity contribution in [3.63, 3.8) is 0 Å². The molecule has 6 heteroatoms. The lowest BCUT2D eigenvalue weighted by molar-refractivity contribution is 0.122. The fraction of sp³-hybridized carbons (Fsp3) is 0.444. The van der Waals surface area contributed by atoms with E-state index in [1.807, 2.05) is 18.5 Å². The van der Waals surface area contributed by atoms with Crippen molar-refractivity contribution in [2.75, 3.05) is 31.2 Å². The van der Waals surface area contributed by atoms with E-state index in [4.69, 9.17) is 4.74 Å². The van der Waals surface area contributed by atoms with Gasteiger partial charge in [0.1, 0.15) is 5.82 Å². The maximum absolute atomic E-state index is 13.3. The molecule has 2 aliphatic rings. The number of aromatic nitrogens is 2. The van der Waals surface area contributed by atoms with Gasteiger partial charge in [-0.1, -0.05) is 6.07 Å². The number of rotatable bonds is 4. The standard InChI is InChI=1S/C18H21FN4O/c19-15-2-3-16-14(9-15)1-4-17(16)20-10-13-11-21-18(22-12-13)23-5-7-24-8-6-23/h2-3,9,11-12,17,20H,1,4-8,10H2/t17-/m1/s1. The highest BCUT2D eigenvalue weighted by molar-refractivity contribution is 5.35. The van der Waals surface area contributed by atoms with Crippen molar-refractivity contribution < 1.29 is 9.13 Å². The number of hydrogen-bond donors (Lipinski definition) is 1. The summed E-state index contributed by atoms with van der Waals surface area (Å²) in [4.78, 5) is 11.1. The number of nitrogens with zero attached hydrogens (tertiary/aromatic N) is 3. The molecule has 2 aromatic rings. The molecule has 1 aliphatic carbocycles. The molecular formula is C18H21FN4O. The van der Waals surface area contributed by atoms with Gasteiger partial charge in [0.25, 0.3) is 0 Å². The summed E-state index contributed by atoms with van der Waals surface area (Å²) in [5, 5.41) is 3.54. The maximum atomic E-state index is 13.3. The van der Waals surface area contributed by atoms with E-state index in [9.17, 15) is 4.39 Å². The number of morpholine rings is 1. The molecule has 2 heterocycles. The van der Waals surface area contributed by atoms with Crippen LogP contribution in [-0.4, -0.2) is 36.3 Å². The van der Waals surface area contributed by atoms with Crippen LogP contribution in [0.5, 0.6) is 0 Å². The van der Waals surface area contributed by atoms with E-state index in [2.05, 4.69) is 20.2 Å². The molecule has 1 fully saturated rings. The maximum Gasteiger partial charge on any atom is 0.225 e. The van der Waals surface area contributed by atoms with Crippen LogP contribution in [0.1, 0.15) is 29.2 Å². The lowest BCUT2D eigenvalue weighted by Gasteiger charge is -2.26. The van der Waals surface area contributed by atoms with Gasteiger partial charge >= 0.3 is 0 Å². The zero-order valence-electron chi connectivity index (χ0n) is 13.5. The normalized spacial score (nSPS) is 20.2. The van der Waals surface area contributed by atoms with Gasteiger partial charge in [-0.15, -0.1) is 0 Å². The highest BCUT2D eigenvalue weighted by Crippen LogP contribution is 2.31. The number of halogens is 1. The second kappa shape index (κ2) is 6.83. The largest absolute Gasteiger partial charge is 0.378 e. The van der Waals surface area contributed by atoms with E-state index >= 15 is 0 Å². The molecule has 0 radical (unpaired) electrons. The molecule has 4 rings (SSSR count). The van der Waals surface area contributed by atoms with Crippen molar-refractivity contribution in [1.29, 1.82) is 0 Å². The Morgan fingerprint density at radius 1 is 1.21 bits per heavy atom. The Labute approximate surface area is 140 Å². The van der Waals surface area contributed by atoms with Crippen LogP contribution in [0.15, 0.2) is 30.6 Å². The molecule has 0 bridgehead atoms. The topological polar surface area (TPSA) is 50.3 Å². The monoisotopic (exact) mass is 328 g/mol. The van der Waals surface area contributed by atoms with Gasteiger partial charge in [-0.05, 0) is 36.1 Å². The third-order valence-corrected chi connectivity index (χ3v) is 4.72. The lowest BCUT2D eigenvalue weighted by Crippen LogP contribution is -2.37. The van der Waals surface area contributed by atoms with E-state index in [0.29, 0.717) is 6.54 Å². The van der Waals surface area contributed by atoms with Gasteiger partial charge < -0.3 is 15.0 Å². The molecule has 1 saturated heterocycles. The summed E-state index contributed by atoms with van der Waals surface area (Å²) in [6, 6.07) is 5.36. The minimum absolute atomic E-state index is 0.151. The summed E-state index contributed by atoms with van der Waals surface area (Å²) in [5.74, 6) is 0.616. The number of anilines is 1. The number of ether oxygens (including phenoxy) is 1. The Morgan fingerprint density at radius 3 is 2.79 bits per heavy atom. The lowest BCUT2D eigenvalue weighted by atomic mass is 10.1. The Hall–Kier alpha value is -2.05. The number of aryl methyl sites for hydroxylation is 1. The fourth-order valence-electron chi connectivity index (χ4n) is 3.41. The Morgan fingerprint density at radius 2 is 2.00 bits per heavy atom. The van der Waals surface area contributed by atoms with Crippen molar-refractivity contribution in [1.82, 2.24) is 15.3 Å². The van der Waals surface area contributed by atoms with Gasteiger partial charge in [0.15, 0.2) is 0 Å². The zero-order valence-corrected chi connectivity index (χ0v) is 13.5. The van der Waals surface area contributed by atoms with E-state index in [1.165, 1.54) is 5.56 Å². The highest BCUT2D eigenvalue weighted by atomic mass is 19.1. The second-order valence-electron chi connectivity index (χ2n) is 6.31. The van der Waals surface area contributed by atoms with E-state index in [1.54, 1.807) is 12.1 Å². The molecule has 24 heavy (non-hydrogen) atoms. The molecule has 5 nitrogen and oxygen atoms in total.